The largest absolute Gasteiger partial charge is 0.480 e. The first-order valence-electron chi connectivity index (χ1n) is 8.21. The molecule has 0 spiro atoms. The Labute approximate surface area is 155 Å². The van der Waals surface area contributed by atoms with E-state index in [0.29, 0.717) is 18.4 Å². The smallest absolute Gasteiger partial charge is 0.323 e. The molecule has 140 valence electrons. The number of carboxylic acids is 1. The lowest BCUT2D eigenvalue weighted by Gasteiger charge is -2.36. The molecule has 1 aliphatic heterocycles. The molecule has 2 heterocycles. The van der Waals surface area contributed by atoms with Crippen LogP contribution in [-0.4, -0.2) is 66.5 Å². The van der Waals surface area contributed by atoms with Crippen molar-refractivity contribution in [3.05, 3.63) is 35.2 Å². The summed E-state index contributed by atoms with van der Waals surface area (Å²) in [6.07, 6.45) is 2.01. The van der Waals surface area contributed by atoms with Crippen molar-refractivity contribution in [2.75, 3.05) is 25.9 Å². The number of amides is 1. The fraction of sp³-hybridized carbons (Fsp3) is 0.412. The fourth-order valence-electron chi connectivity index (χ4n) is 3.30. The molecular formula is C17H20N2O5S2. The van der Waals surface area contributed by atoms with Gasteiger partial charge in [0.25, 0.3) is 5.91 Å². The van der Waals surface area contributed by atoms with E-state index in [1.165, 1.54) is 20.5 Å². The van der Waals surface area contributed by atoms with E-state index in [4.69, 9.17) is 0 Å². The zero-order valence-electron chi connectivity index (χ0n) is 14.3. The molecule has 1 N–H and O–H groups in total. The SMILES string of the molecule is CS(=O)(=O)N1CCC(N(CC(=O)O)C(=O)c2csc3ccccc23)CC1. The molecule has 3 rings (SSSR count). The number of aliphatic carboxylic acids is 1. The van der Waals surface area contributed by atoms with Gasteiger partial charge in [-0.2, -0.15) is 0 Å². The van der Waals surface area contributed by atoms with E-state index >= 15 is 0 Å². The van der Waals surface area contributed by atoms with Gasteiger partial charge in [0.2, 0.25) is 10.0 Å². The van der Waals surface area contributed by atoms with Crippen molar-refractivity contribution in [2.45, 2.75) is 18.9 Å². The van der Waals surface area contributed by atoms with Crippen LogP contribution in [0.5, 0.6) is 0 Å². The third-order valence-corrected chi connectivity index (χ3v) is 6.88. The topological polar surface area (TPSA) is 95.0 Å². The molecule has 0 atom stereocenters. The monoisotopic (exact) mass is 396 g/mol. The minimum absolute atomic E-state index is 0.289. The number of carboxylic acid groups (broad SMARTS) is 1. The van der Waals surface area contributed by atoms with Gasteiger partial charge in [-0.1, -0.05) is 18.2 Å². The number of hydrogen-bond donors (Lipinski definition) is 1. The van der Waals surface area contributed by atoms with Gasteiger partial charge >= 0.3 is 5.97 Å². The second kappa shape index (κ2) is 7.34. The predicted octanol–water partition coefficient (Wildman–Crippen LogP) is 1.85. The summed E-state index contributed by atoms with van der Waals surface area (Å²) >= 11 is 1.45. The Hall–Kier alpha value is -1.97. The van der Waals surface area contributed by atoms with E-state index in [1.54, 1.807) is 5.38 Å². The first-order chi connectivity index (χ1) is 12.3. The minimum atomic E-state index is -3.28. The third kappa shape index (κ3) is 3.89. The standard InChI is InChI=1S/C17H20N2O5S2/c1-26(23,24)18-8-6-12(7-9-18)19(10-16(20)21)17(22)14-11-25-15-5-3-2-4-13(14)15/h2-5,11-12H,6-10H2,1H3,(H,20,21). The average Bonchev–Trinajstić information content (AvgIpc) is 3.02. The van der Waals surface area contributed by atoms with Gasteiger partial charge in [-0.3, -0.25) is 9.59 Å². The number of carbonyl (C=O) groups is 2. The molecule has 0 radical (unpaired) electrons. The zero-order chi connectivity index (χ0) is 18.9. The Kier molecular flexibility index (Phi) is 5.31. The molecule has 0 aliphatic carbocycles. The van der Waals surface area contributed by atoms with Gasteiger partial charge < -0.3 is 10.0 Å². The summed E-state index contributed by atoms with van der Waals surface area (Å²) in [5.74, 6) is -1.40. The summed E-state index contributed by atoms with van der Waals surface area (Å²) in [6.45, 7) is 0.182. The summed E-state index contributed by atoms with van der Waals surface area (Å²) in [5.41, 5.74) is 0.498. The number of thiophene rings is 1. The molecule has 1 aliphatic rings. The lowest BCUT2D eigenvalue weighted by molar-refractivity contribution is -0.138. The molecule has 1 aromatic carbocycles. The van der Waals surface area contributed by atoms with Crippen molar-refractivity contribution in [1.29, 1.82) is 0 Å². The predicted molar refractivity (Wildman–Crippen MR) is 99.9 cm³/mol. The highest BCUT2D eigenvalue weighted by Crippen LogP contribution is 2.28. The van der Waals surface area contributed by atoms with Crippen molar-refractivity contribution < 1.29 is 23.1 Å². The van der Waals surface area contributed by atoms with E-state index in [0.717, 1.165) is 16.3 Å². The van der Waals surface area contributed by atoms with E-state index in [9.17, 15) is 23.1 Å². The summed E-state index contributed by atoms with van der Waals surface area (Å²) in [4.78, 5) is 25.8. The lowest BCUT2D eigenvalue weighted by atomic mass is 10.0. The summed E-state index contributed by atoms with van der Waals surface area (Å²) < 4.78 is 25.7. The van der Waals surface area contributed by atoms with E-state index < -0.39 is 22.5 Å². The number of benzene rings is 1. The van der Waals surface area contributed by atoms with Gasteiger partial charge in [-0.25, -0.2) is 12.7 Å². The maximum Gasteiger partial charge on any atom is 0.323 e. The number of rotatable bonds is 5. The van der Waals surface area contributed by atoms with Crippen molar-refractivity contribution in [3.63, 3.8) is 0 Å². The Morgan fingerprint density at radius 2 is 1.92 bits per heavy atom. The Morgan fingerprint density at radius 1 is 1.27 bits per heavy atom. The molecule has 0 bridgehead atoms. The summed E-state index contributed by atoms with van der Waals surface area (Å²) in [7, 11) is -3.28. The van der Waals surface area contributed by atoms with Crippen LogP contribution < -0.4 is 0 Å². The normalized spacial score (nSPS) is 16.7. The van der Waals surface area contributed by atoms with E-state index in [1.807, 2.05) is 24.3 Å². The molecule has 2 aromatic rings. The van der Waals surface area contributed by atoms with Crippen LogP contribution in [0, 0.1) is 0 Å². The van der Waals surface area contributed by atoms with E-state index in [2.05, 4.69) is 0 Å². The number of hydrogen-bond acceptors (Lipinski definition) is 5. The number of nitrogens with zero attached hydrogens (tertiary/aromatic N) is 2. The molecule has 1 aromatic heterocycles. The van der Waals surface area contributed by atoms with Crippen LogP contribution in [0.4, 0.5) is 0 Å². The van der Waals surface area contributed by atoms with Crippen molar-refractivity contribution >= 4 is 43.3 Å². The zero-order valence-corrected chi connectivity index (χ0v) is 15.9. The van der Waals surface area contributed by atoms with Gasteiger partial charge in [-0.05, 0) is 18.9 Å². The Morgan fingerprint density at radius 3 is 2.54 bits per heavy atom. The summed E-state index contributed by atoms with van der Waals surface area (Å²) in [6, 6.07) is 7.21. The van der Waals surface area contributed by atoms with Crippen LogP contribution >= 0.6 is 11.3 Å². The number of sulfonamides is 1. The highest BCUT2D eigenvalue weighted by molar-refractivity contribution is 7.88. The van der Waals surface area contributed by atoms with Gasteiger partial charge in [-0.15, -0.1) is 11.3 Å². The molecule has 1 saturated heterocycles. The minimum Gasteiger partial charge on any atom is -0.480 e. The molecule has 9 heteroatoms. The number of piperidine rings is 1. The fourth-order valence-corrected chi connectivity index (χ4v) is 5.10. The highest BCUT2D eigenvalue weighted by atomic mass is 32.2. The van der Waals surface area contributed by atoms with Gasteiger partial charge in [0.05, 0.1) is 11.8 Å². The second-order valence-electron chi connectivity index (χ2n) is 6.37. The quantitative estimate of drug-likeness (QED) is 0.832. The second-order valence-corrected chi connectivity index (χ2v) is 9.26. The Bertz CT molecular complexity index is 930. The first-order valence-corrected chi connectivity index (χ1v) is 10.9. The van der Waals surface area contributed by atoms with Crippen molar-refractivity contribution in [1.82, 2.24) is 9.21 Å². The Balaban J connectivity index is 1.85. The van der Waals surface area contributed by atoms with Gasteiger partial charge in [0.15, 0.2) is 0 Å². The molecule has 1 amide bonds. The lowest BCUT2D eigenvalue weighted by Crippen LogP contribution is -2.50. The van der Waals surface area contributed by atoms with Crippen LogP contribution in [0.2, 0.25) is 0 Å². The van der Waals surface area contributed by atoms with Crippen LogP contribution in [0.25, 0.3) is 10.1 Å². The molecule has 0 unspecified atom stereocenters. The maximum atomic E-state index is 13.1. The molecule has 7 nitrogen and oxygen atoms in total. The molecule has 1 fully saturated rings. The highest BCUT2D eigenvalue weighted by Gasteiger charge is 2.33. The van der Waals surface area contributed by atoms with Gasteiger partial charge in [0, 0.05) is 34.6 Å². The average molecular weight is 396 g/mol. The number of carbonyl (C=O) groups excluding carboxylic acids is 1. The third-order valence-electron chi connectivity index (χ3n) is 4.61. The van der Waals surface area contributed by atoms with Gasteiger partial charge in [0.1, 0.15) is 6.54 Å². The van der Waals surface area contributed by atoms with Crippen LogP contribution in [0.3, 0.4) is 0 Å². The van der Waals surface area contributed by atoms with Crippen molar-refractivity contribution in [3.8, 4) is 0 Å². The summed E-state index contributed by atoms with van der Waals surface area (Å²) in [5, 5.41) is 11.8. The molecule has 26 heavy (non-hydrogen) atoms. The molecular weight excluding hydrogens is 376 g/mol. The van der Waals surface area contributed by atoms with Crippen molar-refractivity contribution in [2.24, 2.45) is 0 Å². The number of fused-ring (bicyclic) bond motifs is 1. The maximum absolute atomic E-state index is 13.1. The van der Waals surface area contributed by atoms with E-state index in [-0.39, 0.29) is 25.0 Å². The van der Waals surface area contributed by atoms with Crippen LogP contribution in [0.15, 0.2) is 29.6 Å². The van der Waals surface area contributed by atoms with Crippen LogP contribution in [-0.2, 0) is 14.8 Å². The van der Waals surface area contributed by atoms with Crippen LogP contribution in [0.1, 0.15) is 23.2 Å². The molecule has 0 saturated carbocycles. The first kappa shape index (κ1) is 18.8.